The second-order valence-electron chi connectivity index (χ2n) is 5.52. The van der Waals surface area contributed by atoms with Gasteiger partial charge in [-0.05, 0) is 79.4 Å². The van der Waals surface area contributed by atoms with E-state index in [2.05, 4.69) is 77.4 Å². The van der Waals surface area contributed by atoms with Crippen LogP contribution in [0.1, 0.15) is 11.1 Å². The molecular formula is C20H16Br3NO. The van der Waals surface area contributed by atoms with Crippen molar-refractivity contribution in [1.82, 2.24) is 0 Å². The number of ether oxygens (including phenoxy) is 1. The average molecular weight is 526 g/mol. The minimum atomic E-state index is 0.536. The van der Waals surface area contributed by atoms with E-state index in [1.165, 1.54) is 0 Å². The van der Waals surface area contributed by atoms with E-state index in [0.717, 1.165) is 42.5 Å². The van der Waals surface area contributed by atoms with Gasteiger partial charge >= 0.3 is 0 Å². The van der Waals surface area contributed by atoms with E-state index in [4.69, 9.17) is 4.74 Å². The standard InChI is InChI=1S/C20H16Br3NO/c21-16-6-8-17(9-7-16)24-12-15-10-18(22)20(19(23)11-15)25-13-14-4-2-1-3-5-14/h1-11,24H,12-13H2. The molecule has 0 fully saturated rings. The highest BCUT2D eigenvalue weighted by Gasteiger charge is 2.09. The number of hydrogen-bond acceptors (Lipinski definition) is 2. The van der Waals surface area contributed by atoms with Gasteiger partial charge in [-0.1, -0.05) is 46.3 Å². The highest BCUT2D eigenvalue weighted by molar-refractivity contribution is 9.11. The average Bonchev–Trinajstić information content (AvgIpc) is 2.61. The van der Waals surface area contributed by atoms with Crippen LogP contribution in [0.4, 0.5) is 5.69 Å². The predicted molar refractivity (Wildman–Crippen MR) is 114 cm³/mol. The molecule has 128 valence electrons. The maximum atomic E-state index is 5.97. The van der Waals surface area contributed by atoms with Gasteiger partial charge in [-0.3, -0.25) is 0 Å². The smallest absolute Gasteiger partial charge is 0.148 e. The van der Waals surface area contributed by atoms with E-state index in [0.29, 0.717) is 6.61 Å². The summed E-state index contributed by atoms with van der Waals surface area (Å²) >= 11 is 10.7. The Morgan fingerprint density at radius 1 is 0.760 bits per heavy atom. The van der Waals surface area contributed by atoms with Crippen LogP contribution >= 0.6 is 47.8 Å². The van der Waals surface area contributed by atoms with Gasteiger partial charge < -0.3 is 10.1 Å². The third-order valence-corrected chi connectivity index (χ3v) is 5.33. The number of hydrogen-bond donors (Lipinski definition) is 1. The van der Waals surface area contributed by atoms with Crippen molar-refractivity contribution in [3.63, 3.8) is 0 Å². The molecule has 0 amide bonds. The zero-order chi connectivity index (χ0) is 17.6. The first kappa shape index (κ1) is 18.5. The summed E-state index contributed by atoms with van der Waals surface area (Å²) in [7, 11) is 0. The van der Waals surface area contributed by atoms with Gasteiger partial charge in [0.15, 0.2) is 0 Å². The molecule has 3 aromatic rings. The van der Waals surface area contributed by atoms with Crippen LogP contribution in [0.25, 0.3) is 0 Å². The Labute approximate surface area is 173 Å². The Balaban J connectivity index is 1.66. The van der Waals surface area contributed by atoms with E-state index >= 15 is 0 Å². The topological polar surface area (TPSA) is 21.3 Å². The fourth-order valence-corrected chi connectivity index (χ4v) is 4.13. The molecular weight excluding hydrogens is 510 g/mol. The van der Waals surface area contributed by atoms with Crippen LogP contribution in [0.3, 0.4) is 0 Å². The normalized spacial score (nSPS) is 10.5. The van der Waals surface area contributed by atoms with E-state index < -0.39 is 0 Å². The lowest BCUT2D eigenvalue weighted by Crippen LogP contribution is -2.01. The predicted octanol–water partition coefficient (Wildman–Crippen LogP) is 7.17. The molecule has 0 aliphatic rings. The third-order valence-electron chi connectivity index (χ3n) is 3.62. The zero-order valence-corrected chi connectivity index (χ0v) is 18.1. The number of rotatable bonds is 6. The minimum Gasteiger partial charge on any atom is -0.487 e. The second-order valence-corrected chi connectivity index (χ2v) is 8.15. The number of halogens is 3. The van der Waals surface area contributed by atoms with Gasteiger partial charge in [-0.25, -0.2) is 0 Å². The summed E-state index contributed by atoms with van der Waals surface area (Å²) in [6, 6.07) is 22.4. The van der Waals surface area contributed by atoms with Crippen molar-refractivity contribution < 1.29 is 4.74 Å². The lowest BCUT2D eigenvalue weighted by atomic mass is 10.2. The Hall–Kier alpha value is -1.30. The summed E-state index contributed by atoms with van der Waals surface area (Å²) in [4.78, 5) is 0. The van der Waals surface area contributed by atoms with Crippen LogP contribution in [-0.2, 0) is 13.2 Å². The van der Waals surface area contributed by atoms with Crippen molar-refractivity contribution in [2.45, 2.75) is 13.2 Å². The van der Waals surface area contributed by atoms with Crippen molar-refractivity contribution in [2.24, 2.45) is 0 Å². The fourth-order valence-electron chi connectivity index (χ4n) is 2.35. The van der Waals surface area contributed by atoms with Crippen molar-refractivity contribution in [2.75, 3.05) is 5.32 Å². The summed E-state index contributed by atoms with van der Waals surface area (Å²) in [6.07, 6.45) is 0. The van der Waals surface area contributed by atoms with Gasteiger partial charge in [-0.15, -0.1) is 0 Å². The highest BCUT2D eigenvalue weighted by atomic mass is 79.9. The molecule has 0 atom stereocenters. The Morgan fingerprint density at radius 3 is 2.04 bits per heavy atom. The van der Waals surface area contributed by atoms with Crippen LogP contribution in [0.5, 0.6) is 5.75 Å². The third kappa shape index (κ3) is 5.33. The van der Waals surface area contributed by atoms with Crippen LogP contribution in [0.15, 0.2) is 80.1 Å². The lowest BCUT2D eigenvalue weighted by molar-refractivity contribution is 0.302. The van der Waals surface area contributed by atoms with Gasteiger partial charge in [0.2, 0.25) is 0 Å². The molecule has 5 heteroatoms. The number of anilines is 1. The lowest BCUT2D eigenvalue weighted by Gasteiger charge is -2.13. The Bertz CT molecular complexity index is 812. The minimum absolute atomic E-state index is 0.536. The van der Waals surface area contributed by atoms with E-state index in [1.54, 1.807) is 0 Å². The first-order valence-electron chi connectivity index (χ1n) is 7.76. The second kappa shape index (κ2) is 8.88. The molecule has 2 nitrogen and oxygen atoms in total. The van der Waals surface area contributed by atoms with Crippen molar-refractivity contribution in [3.05, 3.63) is 91.3 Å². The molecule has 0 bridgehead atoms. The summed E-state index contributed by atoms with van der Waals surface area (Å²) in [5.41, 5.74) is 3.39. The Kier molecular flexibility index (Phi) is 6.57. The van der Waals surface area contributed by atoms with E-state index in [9.17, 15) is 0 Å². The molecule has 3 aromatic carbocycles. The number of benzene rings is 3. The summed E-state index contributed by atoms with van der Waals surface area (Å²) < 4.78 is 8.91. The zero-order valence-electron chi connectivity index (χ0n) is 13.3. The molecule has 0 spiro atoms. The molecule has 0 heterocycles. The van der Waals surface area contributed by atoms with Crippen molar-refractivity contribution >= 4 is 53.5 Å². The van der Waals surface area contributed by atoms with Crippen LogP contribution < -0.4 is 10.1 Å². The maximum Gasteiger partial charge on any atom is 0.148 e. The Morgan fingerprint density at radius 2 is 1.40 bits per heavy atom. The quantitative estimate of drug-likeness (QED) is 0.368. The van der Waals surface area contributed by atoms with Gasteiger partial charge in [0, 0.05) is 16.7 Å². The number of nitrogens with one attached hydrogen (secondary N) is 1. The first-order chi connectivity index (χ1) is 12.1. The van der Waals surface area contributed by atoms with Crippen LogP contribution in [0.2, 0.25) is 0 Å². The van der Waals surface area contributed by atoms with E-state index in [-0.39, 0.29) is 0 Å². The van der Waals surface area contributed by atoms with Gasteiger partial charge in [0.05, 0.1) is 8.95 Å². The van der Waals surface area contributed by atoms with Crippen LogP contribution in [-0.4, -0.2) is 0 Å². The largest absolute Gasteiger partial charge is 0.487 e. The van der Waals surface area contributed by atoms with Crippen molar-refractivity contribution in [3.8, 4) is 5.75 Å². The van der Waals surface area contributed by atoms with Gasteiger partial charge in [0.25, 0.3) is 0 Å². The van der Waals surface area contributed by atoms with Gasteiger partial charge in [-0.2, -0.15) is 0 Å². The van der Waals surface area contributed by atoms with Crippen LogP contribution in [0, 0.1) is 0 Å². The first-order valence-corrected chi connectivity index (χ1v) is 10.1. The molecule has 0 aliphatic heterocycles. The maximum absolute atomic E-state index is 5.97. The monoisotopic (exact) mass is 523 g/mol. The van der Waals surface area contributed by atoms with E-state index in [1.807, 2.05) is 42.5 Å². The molecule has 25 heavy (non-hydrogen) atoms. The summed E-state index contributed by atoms with van der Waals surface area (Å²) in [6.45, 7) is 1.27. The summed E-state index contributed by atoms with van der Waals surface area (Å²) in [5, 5.41) is 3.42. The molecule has 0 aliphatic carbocycles. The molecule has 3 rings (SSSR count). The SMILES string of the molecule is Brc1ccc(NCc2cc(Br)c(OCc3ccccc3)c(Br)c2)cc1. The molecule has 0 saturated carbocycles. The highest BCUT2D eigenvalue weighted by Crippen LogP contribution is 2.35. The molecule has 0 saturated heterocycles. The van der Waals surface area contributed by atoms with Crippen molar-refractivity contribution in [1.29, 1.82) is 0 Å². The van der Waals surface area contributed by atoms with Gasteiger partial charge in [0.1, 0.15) is 12.4 Å². The molecule has 0 radical (unpaired) electrons. The molecule has 1 N–H and O–H groups in total. The molecule has 0 aromatic heterocycles. The summed E-state index contributed by atoms with van der Waals surface area (Å²) in [5.74, 6) is 0.816. The fraction of sp³-hybridized carbons (Fsp3) is 0.100. The molecule has 0 unspecified atom stereocenters.